The summed E-state index contributed by atoms with van der Waals surface area (Å²) in [5.74, 6) is 1.23. The number of rotatable bonds is 6. The molecule has 0 aliphatic heterocycles. The Labute approximate surface area is 131 Å². The molecule has 0 bridgehead atoms. The van der Waals surface area contributed by atoms with Crippen molar-refractivity contribution in [3.05, 3.63) is 23.8 Å². The third-order valence-corrected chi connectivity index (χ3v) is 2.74. The molecule has 1 atom stereocenters. The number of alkyl carbamates (subject to hydrolysis) is 1. The molecule has 1 aromatic rings. The Bertz CT molecular complexity index is 495. The molecule has 0 saturated carbocycles. The van der Waals surface area contributed by atoms with Crippen molar-refractivity contribution in [2.75, 3.05) is 20.3 Å². The molecule has 1 aromatic carbocycles. The Morgan fingerprint density at radius 2 is 2.00 bits per heavy atom. The molecule has 6 heteroatoms. The molecule has 0 aliphatic carbocycles. The van der Waals surface area contributed by atoms with Crippen molar-refractivity contribution >= 4 is 6.09 Å². The van der Waals surface area contributed by atoms with Crippen molar-refractivity contribution in [1.29, 1.82) is 0 Å². The third kappa shape index (κ3) is 6.22. The summed E-state index contributed by atoms with van der Waals surface area (Å²) in [6, 6.07) is 5.48. The van der Waals surface area contributed by atoms with Gasteiger partial charge in [-0.05, 0) is 45.4 Å². The van der Waals surface area contributed by atoms with Crippen molar-refractivity contribution in [3.8, 4) is 11.5 Å². The van der Waals surface area contributed by atoms with Crippen LogP contribution in [0, 0.1) is 0 Å². The highest BCUT2D eigenvalue weighted by Crippen LogP contribution is 2.29. The average molecular weight is 310 g/mol. The minimum Gasteiger partial charge on any atom is -0.493 e. The van der Waals surface area contributed by atoms with E-state index in [-0.39, 0.29) is 6.04 Å². The molecule has 1 rings (SSSR count). The fraction of sp³-hybridized carbons (Fsp3) is 0.562. The van der Waals surface area contributed by atoms with E-state index in [0.717, 1.165) is 5.56 Å². The highest BCUT2D eigenvalue weighted by molar-refractivity contribution is 5.67. The topological polar surface area (TPSA) is 82.8 Å². The van der Waals surface area contributed by atoms with Gasteiger partial charge in [0.05, 0.1) is 13.7 Å². The number of methoxy groups -OCH3 is 1. The fourth-order valence-electron chi connectivity index (χ4n) is 1.71. The second-order valence-electron chi connectivity index (χ2n) is 5.98. The average Bonchev–Trinajstić information content (AvgIpc) is 2.41. The van der Waals surface area contributed by atoms with Gasteiger partial charge < -0.3 is 25.3 Å². The van der Waals surface area contributed by atoms with E-state index < -0.39 is 11.7 Å². The molecule has 0 spiro atoms. The van der Waals surface area contributed by atoms with Gasteiger partial charge in [-0.25, -0.2) is 4.79 Å². The monoisotopic (exact) mass is 310 g/mol. The Kier molecular flexibility index (Phi) is 6.49. The summed E-state index contributed by atoms with van der Waals surface area (Å²) in [6.07, 6.45) is -0.463. The van der Waals surface area contributed by atoms with Crippen molar-refractivity contribution in [2.24, 2.45) is 5.73 Å². The van der Waals surface area contributed by atoms with E-state index in [9.17, 15) is 4.79 Å². The maximum Gasteiger partial charge on any atom is 0.407 e. The SMILES string of the molecule is COc1cc(C(C)N)ccc1OCCNC(=O)OC(C)(C)C. The predicted octanol–water partition coefficient (Wildman–Crippen LogP) is 2.62. The second-order valence-corrected chi connectivity index (χ2v) is 5.98. The number of carbonyl (C=O) groups excluding carboxylic acids is 1. The molecule has 0 radical (unpaired) electrons. The number of amides is 1. The van der Waals surface area contributed by atoms with Crippen molar-refractivity contribution in [1.82, 2.24) is 5.32 Å². The summed E-state index contributed by atoms with van der Waals surface area (Å²) in [5.41, 5.74) is 6.29. The normalized spacial score (nSPS) is 12.5. The number of hydrogen-bond acceptors (Lipinski definition) is 5. The molecule has 0 heterocycles. The number of carbonyl (C=O) groups is 1. The Morgan fingerprint density at radius 1 is 1.32 bits per heavy atom. The lowest BCUT2D eigenvalue weighted by Crippen LogP contribution is -2.34. The minimum absolute atomic E-state index is 0.0724. The molecular weight excluding hydrogens is 284 g/mol. The van der Waals surface area contributed by atoms with E-state index in [1.54, 1.807) is 7.11 Å². The van der Waals surface area contributed by atoms with Gasteiger partial charge in [-0.15, -0.1) is 0 Å². The Balaban J connectivity index is 2.47. The summed E-state index contributed by atoms with van der Waals surface area (Å²) in [4.78, 5) is 11.5. The molecule has 1 unspecified atom stereocenters. The van der Waals surface area contributed by atoms with Crippen LogP contribution in [0.25, 0.3) is 0 Å². The fourth-order valence-corrected chi connectivity index (χ4v) is 1.71. The van der Waals surface area contributed by atoms with E-state index in [0.29, 0.717) is 24.7 Å². The van der Waals surface area contributed by atoms with E-state index in [2.05, 4.69) is 5.32 Å². The summed E-state index contributed by atoms with van der Waals surface area (Å²) in [6.45, 7) is 8.00. The zero-order chi connectivity index (χ0) is 16.8. The number of ether oxygens (including phenoxy) is 3. The van der Waals surface area contributed by atoms with Crippen LogP contribution in [-0.2, 0) is 4.74 Å². The first-order chi connectivity index (χ1) is 10.2. The van der Waals surface area contributed by atoms with Crippen LogP contribution < -0.4 is 20.5 Å². The van der Waals surface area contributed by atoms with E-state index in [1.807, 2.05) is 45.9 Å². The highest BCUT2D eigenvalue weighted by Gasteiger charge is 2.15. The summed E-state index contributed by atoms with van der Waals surface area (Å²) in [5, 5.41) is 2.63. The van der Waals surface area contributed by atoms with E-state index >= 15 is 0 Å². The molecule has 6 nitrogen and oxygen atoms in total. The van der Waals surface area contributed by atoms with Gasteiger partial charge in [-0.3, -0.25) is 0 Å². The van der Waals surface area contributed by atoms with Crippen LogP contribution in [0.1, 0.15) is 39.3 Å². The molecule has 1 amide bonds. The van der Waals surface area contributed by atoms with Crippen molar-refractivity contribution in [2.45, 2.75) is 39.3 Å². The van der Waals surface area contributed by atoms with Gasteiger partial charge in [0.25, 0.3) is 0 Å². The van der Waals surface area contributed by atoms with Crippen LogP contribution in [-0.4, -0.2) is 32.0 Å². The van der Waals surface area contributed by atoms with Gasteiger partial charge in [0.1, 0.15) is 12.2 Å². The summed E-state index contributed by atoms with van der Waals surface area (Å²) >= 11 is 0. The number of hydrogen-bond donors (Lipinski definition) is 2. The largest absolute Gasteiger partial charge is 0.493 e. The maximum absolute atomic E-state index is 11.5. The van der Waals surface area contributed by atoms with Crippen LogP contribution in [0.5, 0.6) is 11.5 Å². The predicted molar refractivity (Wildman–Crippen MR) is 85.3 cm³/mol. The molecule has 0 aliphatic rings. The molecule has 0 aromatic heterocycles. The Hall–Kier alpha value is -1.95. The zero-order valence-corrected chi connectivity index (χ0v) is 13.9. The molecule has 3 N–H and O–H groups in total. The van der Waals surface area contributed by atoms with Gasteiger partial charge in [0, 0.05) is 6.04 Å². The van der Waals surface area contributed by atoms with Gasteiger partial charge in [0.15, 0.2) is 11.5 Å². The van der Waals surface area contributed by atoms with Crippen LogP contribution in [0.4, 0.5) is 4.79 Å². The quantitative estimate of drug-likeness (QED) is 0.789. The van der Waals surface area contributed by atoms with Gasteiger partial charge in [-0.2, -0.15) is 0 Å². The third-order valence-electron chi connectivity index (χ3n) is 2.74. The first kappa shape index (κ1) is 18.1. The smallest absolute Gasteiger partial charge is 0.407 e. The molecule has 0 fully saturated rings. The van der Waals surface area contributed by atoms with E-state index in [4.69, 9.17) is 19.9 Å². The van der Waals surface area contributed by atoms with E-state index in [1.165, 1.54) is 0 Å². The first-order valence-electron chi connectivity index (χ1n) is 7.26. The lowest BCUT2D eigenvalue weighted by atomic mass is 10.1. The lowest BCUT2D eigenvalue weighted by Gasteiger charge is -2.19. The summed E-state index contributed by atoms with van der Waals surface area (Å²) in [7, 11) is 1.58. The number of nitrogens with two attached hydrogens (primary N) is 1. The van der Waals surface area contributed by atoms with Crippen molar-refractivity contribution < 1.29 is 19.0 Å². The van der Waals surface area contributed by atoms with Crippen LogP contribution in [0.3, 0.4) is 0 Å². The van der Waals surface area contributed by atoms with Gasteiger partial charge >= 0.3 is 6.09 Å². The standard InChI is InChI=1S/C16H26N2O4/c1-11(17)12-6-7-13(14(10-12)20-5)21-9-8-18-15(19)22-16(2,3)4/h6-7,10-11H,8-9,17H2,1-5H3,(H,18,19). The summed E-state index contributed by atoms with van der Waals surface area (Å²) < 4.78 is 16.0. The van der Waals surface area contributed by atoms with Gasteiger partial charge in [-0.1, -0.05) is 6.07 Å². The number of nitrogens with one attached hydrogen (secondary N) is 1. The van der Waals surface area contributed by atoms with Crippen molar-refractivity contribution in [3.63, 3.8) is 0 Å². The Morgan fingerprint density at radius 3 is 2.55 bits per heavy atom. The van der Waals surface area contributed by atoms with Crippen LogP contribution in [0.2, 0.25) is 0 Å². The number of benzene rings is 1. The highest BCUT2D eigenvalue weighted by atomic mass is 16.6. The van der Waals surface area contributed by atoms with Crippen LogP contribution in [0.15, 0.2) is 18.2 Å². The first-order valence-corrected chi connectivity index (χ1v) is 7.26. The lowest BCUT2D eigenvalue weighted by molar-refractivity contribution is 0.0520. The molecule has 124 valence electrons. The molecule has 22 heavy (non-hydrogen) atoms. The second kappa shape index (κ2) is 7.89. The van der Waals surface area contributed by atoms with Crippen LogP contribution >= 0.6 is 0 Å². The molecular formula is C16H26N2O4. The maximum atomic E-state index is 11.5. The molecule has 0 saturated heterocycles. The van der Waals surface area contributed by atoms with Gasteiger partial charge in [0.2, 0.25) is 0 Å². The minimum atomic E-state index is -0.511. The zero-order valence-electron chi connectivity index (χ0n) is 13.9.